The summed E-state index contributed by atoms with van der Waals surface area (Å²) in [4.78, 5) is 22.4. The van der Waals surface area contributed by atoms with Crippen LogP contribution < -0.4 is 0 Å². The molecule has 4 heteroatoms. The zero-order chi connectivity index (χ0) is 12.6. The van der Waals surface area contributed by atoms with E-state index in [9.17, 15) is 9.59 Å². The molecule has 1 saturated heterocycles. The molecule has 1 aliphatic rings. The highest BCUT2D eigenvalue weighted by Crippen LogP contribution is 2.10. The average molecular weight is 225 g/mol. The fraction of sp³-hybridized carbons (Fsp3) is 0.500. The van der Waals surface area contributed by atoms with Crippen LogP contribution in [0.1, 0.15) is 32.6 Å². The number of carbonyl (C=O) groups excluding carboxylic acids is 1. The Morgan fingerprint density at radius 2 is 2.00 bits per heavy atom. The minimum absolute atomic E-state index is 0.176. The first kappa shape index (κ1) is 14.4. The first-order chi connectivity index (χ1) is 7.49. The van der Waals surface area contributed by atoms with E-state index in [0.29, 0.717) is 6.42 Å². The summed E-state index contributed by atoms with van der Waals surface area (Å²) in [5.41, 5.74) is 0.176. The van der Waals surface area contributed by atoms with Gasteiger partial charge in [0.15, 0.2) is 0 Å². The van der Waals surface area contributed by atoms with Crippen LogP contribution in [-0.4, -0.2) is 28.4 Å². The zero-order valence-corrected chi connectivity index (χ0v) is 9.74. The van der Waals surface area contributed by atoms with Gasteiger partial charge in [-0.25, -0.2) is 4.79 Å². The quantitative estimate of drug-likeness (QED) is 0.733. The Morgan fingerprint density at radius 3 is 2.44 bits per heavy atom. The van der Waals surface area contributed by atoms with Crippen molar-refractivity contribution < 1.29 is 14.7 Å². The summed E-state index contributed by atoms with van der Waals surface area (Å²) in [5.74, 6) is -0.706. The summed E-state index contributed by atoms with van der Waals surface area (Å²) in [6.45, 7) is 9.05. The Labute approximate surface area is 96.3 Å². The van der Waals surface area contributed by atoms with Gasteiger partial charge in [0.25, 0.3) is 0 Å². The third kappa shape index (κ3) is 6.01. The minimum Gasteiger partial charge on any atom is -0.478 e. The first-order valence-electron chi connectivity index (χ1n) is 5.30. The smallest absolute Gasteiger partial charge is 0.330 e. The standard InChI is InChI=1S/C8H13NO.C4H6O2/c1-2-9-7-5-3-4-6-8(9)10;1-3(2)4(5)6/h2H,1,3-7H2;1H2,2H3,(H,5,6). The average Bonchev–Trinajstić information content (AvgIpc) is 2.43. The van der Waals surface area contributed by atoms with Crippen LogP contribution in [0.2, 0.25) is 0 Å². The Hall–Kier alpha value is -1.58. The molecular formula is C12H19NO3. The topological polar surface area (TPSA) is 57.6 Å². The van der Waals surface area contributed by atoms with Gasteiger partial charge in [0, 0.05) is 18.5 Å². The molecule has 0 atom stereocenters. The van der Waals surface area contributed by atoms with E-state index in [4.69, 9.17) is 5.11 Å². The monoisotopic (exact) mass is 225 g/mol. The highest BCUT2D eigenvalue weighted by atomic mass is 16.4. The molecule has 90 valence electrons. The van der Waals surface area contributed by atoms with Crippen LogP contribution in [0.25, 0.3) is 0 Å². The molecule has 1 fully saturated rings. The summed E-state index contributed by atoms with van der Waals surface area (Å²) in [7, 11) is 0. The molecule has 4 nitrogen and oxygen atoms in total. The molecule has 0 spiro atoms. The van der Waals surface area contributed by atoms with Gasteiger partial charge >= 0.3 is 5.97 Å². The van der Waals surface area contributed by atoms with Gasteiger partial charge in [-0.2, -0.15) is 0 Å². The van der Waals surface area contributed by atoms with Crippen molar-refractivity contribution >= 4 is 11.9 Å². The second-order valence-corrected chi connectivity index (χ2v) is 3.67. The van der Waals surface area contributed by atoms with Gasteiger partial charge in [0.2, 0.25) is 5.91 Å². The number of hydrogen-bond donors (Lipinski definition) is 1. The van der Waals surface area contributed by atoms with Crippen molar-refractivity contribution in [1.29, 1.82) is 0 Å². The molecule has 1 rings (SSSR count). The Kier molecular flexibility index (Phi) is 6.92. The molecule has 0 aromatic heterocycles. The van der Waals surface area contributed by atoms with Gasteiger partial charge in [0.1, 0.15) is 0 Å². The number of likely N-dealkylation sites (tertiary alicyclic amines) is 1. The van der Waals surface area contributed by atoms with Gasteiger partial charge in [-0.05, 0) is 26.0 Å². The van der Waals surface area contributed by atoms with Crippen LogP contribution in [0, 0.1) is 0 Å². The first-order valence-corrected chi connectivity index (χ1v) is 5.30. The fourth-order valence-corrected chi connectivity index (χ4v) is 1.20. The Morgan fingerprint density at radius 1 is 1.44 bits per heavy atom. The zero-order valence-electron chi connectivity index (χ0n) is 9.74. The van der Waals surface area contributed by atoms with Crippen LogP contribution in [0.4, 0.5) is 0 Å². The summed E-state index contributed by atoms with van der Waals surface area (Å²) in [6, 6.07) is 0. The van der Waals surface area contributed by atoms with Crippen molar-refractivity contribution in [3.05, 3.63) is 24.9 Å². The molecule has 1 N–H and O–H groups in total. The van der Waals surface area contributed by atoms with Gasteiger partial charge in [-0.1, -0.05) is 19.6 Å². The minimum atomic E-state index is -0.935. The van der Waals surface area contributed by atoms with Gasteiger partial charge in [-0.3, -0.25) is 4.79 Å². The van der Waals surface area contributed by atoms with Crippen molar-refractivity contribution in [2.45, 2.75) is 32.6 Å². The van der Waals surface area contributed by atoms with E-state index in [1.165, 1.54) is 13.3 Å². The third-order valence-corrected chi connectivity index (χ3v) is 2.20. The lowest BCUT2D eigenvalue weighted by atomic mass is 10.2. The molecular weight excluding hydrogens is 206 g/mol. The van der Waals surface area contributed by atoms with Crippen molar-refractivity contribution in [2.24, 2.45) is 0 Å². The molecule has 1 amide bonds. The summed E-state index contributed by atoms with van der Waals surface area (Å²) < 4.78 is 0. The summed E-state index contributed by atoms with van der Waals surface area (Å²) in [6.07, 6.45) is 5.68. The predicted molar refractivity (Wildman–Crippen MR) is 62.8 cm³/mol. The summed E-state index contributed by atoms with van der Waals surface area (Å²) in [5, 5.41) is 7.89. The van der Waals surface area contributed by atoms with Gasteiger partial charge < -0.3 is 10.0 Å². The van der Waals surface area contributed by atoms with E-state index in [1.807, 2.05) is 0 Å². The van der Waals surface area contributed by atoms with E-state index >= 15 is 0 Å². The second-order valence-electron chi connectivity index (χ2n) is 3.67. The lowest BCUT2D eigenvalue weighted by Gasteiger charge is -2.13. The normalized spacial score (nSPS) is 15.6. The molecule has 16 heavy (non-hydrogen) atoms. The number of carboxylic acids is 1. The van der Waals surface area contributed by atoms with Crippen molar-refractivity contribution in [1.82, 2.24) is 4.90 Å². The van der Waals surface area contributed by atoms with Gasteiger partial charge in [-0.15, -0.1) is 0 Å². The van der Waals surface area contributed by atoms with E-state index < -0.39 is 5.97 Å². The SMILES string of the molecule is C=C(C)C(=O)O.C=CN1CCCCCC1=O. The number of aliphatic carboxylic acids is 1. The van der Waals surface area contributed by atoms with Crippen molar-refractivity contribution in [2.75, 3.05) is 6.54 Å². The van der Waals surface area contributed by atoms with E-state index in [1.54, 1.807) is 11.1 Å². The number of carbonyl (C=O) groups is 2. The maximum Gasteiger partial charge on any atom is 0.330 e. The van der Waals surface area contributed by atoms with Crippen molar-refractivity contribution in [3.8, 4) is 0 Å². The van der Waals surface area contributed by atoms with Crippen molar-refractivity contribution in [3.63, 3.8) is 0 Å². The largest absolute Gasteiger partial charge is 0.478 e. The van der Waals surface area contributed by atoms with Crippen LogP contribution in [0.15, 0.2) is 24.9 Å². The van der Waals surface area contributed by atoms with E-state index in [2.05, 4.69) is 13.2 Å². The molecule has 0 unspecified atom stereocenters. The molecule has 0 aromatic rings. The van der Waals surface area contributed by atoms with Crippen LogP contribution in [0.5, 0.6) is 0 Å². The molecule has 0 saturated carbocycles. The fourth-order valence-electron chi connectivity index (χ4n) is 1.20. The number of amides is 1. The number of nitrogens with zero attached hydrogens (tertiary/aromatic N) is 1. The molecule has 0 aromatic carbocycles. The highest BCUT2D eigenvalue weighted by Gasteiger charge is 2.12. The third-order valence-electron chi connectivity index (χ3n) is 2.20. The Bertz CT molecular complexity index is 272. The van der Waals surface area contributed by atoms with E-state index in [-0.39, 0.29) is 11.5 Å². The predicted octanol–water partition coefficient (Wildman–Crippen LogP) is 2.18. The van der Waals surface area contributed by atoms with E-state index in [0.717, 1.165) is 19.4 Å². The van der Waals surface area contributed by atoms with Crippen LogP contribution in [-0.2, 0) is 9.59 Å². The second kappa shape index (κ2) is 7.68. The summed E-state index contributed by atoms with van der Waals surface area (Å²) >= 11 is 0. The molecule has 1 aliphatic heterocycles. The maximum atomic E-state index is 11.1. The molecule has 0 radical (unpaired) electrons. The Balaban J connectivity index is 0.000000325. The van der Waals surface area contributed by atoms with Gasteiger partial charge in [0.05, 0.1) is 0 Å². The van der Waals surface area contributed by atoms with Crippen LogP contribution in [0.3, 0.4) is 0 Å². The molecule has 0 bridgehead atoms. The number of rotatable bonds is 2. The maximum absolute atomic E-state index is 11.1. The highest BCUT2D eigenvalue weighted by molar-refractivity contribution is 5.84. The molecule has 1 heterocycles. The lowest BCUT2D eigenvalue weighted by molar-refractivity contribution is -0.132. The molecule has 0 aliphatic carbocycles. The van der Waals surface area contributed by atoms with Crippen LogP contribution >= 0.6 is 0 Å². The lowest BCUT2D eigenvalue weighted by Crippen LogP contribution is -2.23. The number of hydrogen-bond acceptors (Lipinski definition) is 2. The number of carboxylic acid groups (broad SMARTS) is 1.